The third-order valence-electron chi connectivity index (χ3n) is 4.71. The number of hydrogen-bond donors (Lipinski definition) is 2. The normalized spacial score (nSPS) is 18.8. The van der Waals surface area contributed by atoms with Crippen LogP contribution in [0.4, 0.5) is 0 Å². The van der Waals surface area contributed by atoms with Gasteiger partial charge in [0.2, 0.25) is 5.91 Å². The number of carbonyl (C=O) groups is 2. The lowest BCUT2D eigenvalue weighted by Gasteiger charge is -2.23. The number of nitrogens with zero attached hydrogens (tertiary/aromatic N) is 1. The van der Waals surface area contributed by atoms with Crippen LogP contribution in [0.3, 0.4) is 0 Å². The molecule has 30 heavy (non-hydrogen) atoms. The molecule has 178 valence electrons. The molecule has 8 nitrogen and oxygen atoms in total. The summed E-state index contributed by atoms with van der Waals surface area (Å²) in [5.41, 5.74) is 0. The van der Waals surface area contributed by atoms with Crippen LogP contribution in [0.15, 0.2) is 0 Å². The zero-order valence-corrected chi connectivity index (χ0v) is 18.5. The van der Waals surface area contributed by atoms with E-state index in [1.807, 2.05) is 0 Å². The Bertz CT molecular complexity index is 473. The highest BCUT2D eigenvalue weighted by molar-refractivity contribution is 5.90. The molecular weight excluding hydrogens is 388 g/mol. The molecule has 2 atom stereocenters. The molecule has 0 aromatic rings. The smallest absolute Gasteiger partial charge is 0.249 e. The average molecular weight is 433 g/mol. The summed E-state index contributed by atoms with van der Waals surface area (Å²) in [5.74, 6) is 0.195. The number of amides is 1. The van der Waals surface area contributed by atoms with Crippen LogP contribution in [-0.2, 0) is 23.8 Å². The van der Waals surface area contributed by atoms with Crippen LogP contribution in [0, 0.1) is 5.92 Å². The van der Waals surface area contributed by atoms with E-state index in [1.165, 1.54) is 4.90 Å². The Balaban J connectivity index is 0.00000841. The number of carbonyl (C=O) groups excluding carboxylic acids is 2. The van der Waals surface area contributed by atoms with Gasteiger partial charge in [0.15, 0.2) is 5.78 Å². The molecule has 1 heterocycles. The van der Waals surface area contributed by atoms with Crippen molar-refractivity contribution in [3.63, 3.8) is 0 Å². The predicted molar refractivity (Wildman–Crippen MR) is 118 cm³/mol. The molecule has 0 spiro atoms. The number of aliphatic hydroxyl groups is 1. The molecule has 0 bridgehead atoms. The number of ketones is 1. The highest BCUT2D eigenvalue weighted by atomic mass is 16.5. The molecule has 1 fully saturated rings. The number of rotatable bonds is 16. The molecule has 2 unspecified atom stereocenters. The highest BCUT2D eigenvalue weighted by Crippen LogP contribution is 2.21. The second-order valence-corrected chi connectivity index (χ2v) is 8.24. The monoisotopic (exact) mass is 432 g/mol. The van der Waals surface area contributed by atoms with Gasteiger partial charge in [-0.05, 0) is 12.3 Å². The lowest BCUT2D eigenvalue weighted by molar-refractivity contribution is -0.142. The van der Waals surface area contributed by atoms with Crippen molar-refractivity contribution >= 4 is 11.7 Å². The van der Waals surface area contributed by atoms with E-state index in [0.717, 1.165) is 13.0 Å². The van der Waals surface area contributed by atoms with E-state index in [4.69, 9.17) is 14.2 Å². The van der Waals surface area contributed by atoms with Crippen molar-refractivity contribution in [1.29, 1.82) is 0 Å². The fraction of sp³-hybridized carbons (Fsp3) is 0.909. The Kier molecular flexibility index (Phi) is 16.0. The average Bonchev–Trinajstić information content (AvgIpc) is 3.05. The van der Waals surface area contributed by atoms with Gasteiger partial charge in [0.25, 0.3) is 0 Å². The number of hydrogen-bond acceptors (Lipinski definition) is 7. The first-order valence-corrected chi connectivity index (χ1v) is 10.8. The zero-order chi connectivity index (χ0) is 21.6. The fourth-order valence-electron chi connectivity index (χ4n) is 3.09. The Morgan fingerprint density at radius 1 is 1.03 bits per heavy atom. The van der Waals surface area contributed by atoms with Gasteiger partial charge in [0, 0.05) is 32.0 Å². The number of β-amino-alcohol motifs (C(OH)–C–C–N with tert-alkyl or cyclic N) is 1. The second kappa shape index (κ2) is 16.6. The summed E-state index contributed by atoms with van der Waals surface area (Å²) in [6.07, 6.45) is 0.895. The zero-order valence-electron chi connectivity index (χ0n) is 18.5. The van der Waals surface area contributed by atoms with Crippen LogP contribution >= 0.6 is 0 Å². The summed E-state index contributed by atoms with van der Waals surface area (Å²) >= 11 is 0. The van der Waals surface area contributed by atoms with E-state index < -0.39 is 12.1 Å². The van der Waals surface area contributed by atoms with Gasteiger partial charge in [-0.15, -0.1) is 0 Å². The van der Waals surface area contributed by atoms with E-state index in [0.29, 0.717) is 57.8 Å². The summed E-state index contributed by atoms with van der Waals surface area (Å²) in [6, 6.07) is -0.0783. The maximum absolute atomic E-state index is 12.4. The van der Waals surface area contributed by atoms with Crippen molar-refractivity contribution in [1.82, 2.24) is 10.2 Å². The van der Waals surface area contributed by atoms with Crippen LogP contribution < -0.4 is 5.32 Å². The Morgan fingerprint density at radius 3 is 2.23 bits per heavy atom. The number of Topliss-reactive ketones (excluding diaryl/α,β-unsaturated/α-hetero) is 1. The third kappa shape index (κ3) is 12.6. The van der Waals surface area contributed by atoms with Gasteiger partial charge in [0.05, 0.1) is 45.2 Å². The molecule has 1 aliphatic rings. The third-order valence-corrected chi connectivity index (χ3v) is 4.71. The minimum absolute atomic E-state index is 0. The van der Waals surface area contributed by atoms with Gasteiger partial charge in [-0.3, -0.25) is 9.59 Å². The maximum atomic E-state index is 12.4. The molecule has 0 aromatic carbocycles. The second-order valence-electron chi connectivity index (χ2n) is 8.24. The summed E-state index contributed by atoms with van der Waals surface area (Å²) in [6.45, 7) is 11.5. The molecule has 0 radical (unpaired) electrons. The summed E-state index contributed by atoms with van der Waals surface area (Å²) in [7, 11) is 0. The van der Waals surface area contributed by atoms with Crippen LogP contribution in [0.1, 0.15) is 54.4 Å². The van der Waals surface area contributed by atoms with Crippen molar-refractivity contribution in [2.45, 2.75) is 72.6 Å². The molecule has 1 amide bonds. The number of aliphatic hydroxyl groups excluding tert-OH is 1. The van der Waals surface area contributed by atoms with Crippen molar-refractivity contribution in [3.05, 3.63) is 0 Å². The summed E-state index contributed by atoms with van der Waals surface area (Å²) in [4.78, 5) is 26.3. The Morgan fingerprint density at radius 2 is 1.63 bits per heavy atom. The maximum Gasteiger partial charge on any atom is 0.249 e. The highest BCUT2D eigenvalue weighted by Gasteiger charge is 2.38. The minimum Gasteiger partial charge on any atom is -0.391 e. The minimum atomic E-state index is -0.647. The molecular formula is C22H44N2O6. The number of nitrogens with one attached hydrogen (secondary N) is 1. The number of likely N-dealkylation sites (tertiary alicyclic amines) is 1. The molecule has 1 rings (SSSR count). The molecule has 1 saturated heterocycles. The van der Waals surface area contributed by atoms with Gasteiger partial charge < -0.3 is 29.5 Å². The van der Waals surface area contributed by atoms with Crippen LogP contribution in [0.25, 0.3) is 0 Å². The van der Waals surface area contributed by atoms with Crippen molar-refractivity contribution in [2.24, 2.45) is 5.92 Å². The van der Waals surface area contributed by atoms with Gasteiger partial charge in [-0.25, -0.2) is 0 Å². The van der Waals surface area contributed by atoms with Crippen LogP contribution in [0.2, 0.25) is 0 Å². The van der Waals surface area contributed by atoms with Crippen LogP contribution in [-0.4, -0.2) is 92.6 Å². The SMILES string of the molecule is C.CC(C)CCC(=O)C1CC(O)CN1C(=O)COCCOCCOCCNC(C)C. The molecule has 1 aliphatic heterocycles. The van der Waals surface area contributed by atoms with E-state index in [-0.39, 0.29) is 32.3 Å². The standard InChI is InChI=1S/C21H40N2O6.CH4/c1-16(2)5-6-20(25)19-13-18(24)14-23(19)21(26)15-29-12-11-28-10-9-27-8-7-22-17(3)4;/h16-19,22,24H,5-15H2,1-4H3;1H4. The summed E-state index contributed by atoms with van der Waals surface area (Å²) < 4.78 is 16.2. The predicted octanol–water partition coefficient (Wildman–Crippen LogP) is 1.64. The molecule has 2 N–H and O–H groups in total. The van der Waals surface area contributed by atoms with Crippen molar-refractivity contribution in [2.75, 3.05) is 52.7 Å². The Labute approximate surface area is 182 Å². The van der Waals surface area contributed by atoms with Crippen molar-refractivity contribution in [3.8, 4) is 0 Å². The van der Waals surface area contributed by atoms with E-state index in [9.17, 15) is 14.7 Å². The topological polar surface area (TPSA) is 97.3 Å². The molecule has 0 saturated carbocycles. The van der Waals surface area contributed by atoms with Crippen molar-refractivity contribution < 1.29 is 28.9 Å². The van der Waals surface area contributed by atoms with Crippen LogP contribution in [0.5, 0.6) is 0 Å². The van der Waals surface area contributed by atoms with E-state index in [1.54, 1.807) is 0 Å². The van der Waals surface area contributed by atoms with E-state index in [2.05, 4.69) is 33.0 Å². The first-order chi connectivity index (χ1) is 13.8. The van der Waals surface area contributed by atoms with Gasteiger partial charge >= 0.3 is 0 Å². The lowest BCUT2D eigenvalue weighted by atomic mass is 10.00. The van der Waals surface area contributed by atoms with E-state index >= 15 is 0 Å². The fourth-order valence-corrected chi connectivity index (χ4v) is 3.09. The largest absolute Gasteiger partial charge is 0.391 e. The first kappa shape index (κ1) is 28.9. The van der Waals surface area contributed by atoms with Gasteiger partial charge in [0.1, 0.15) is 6.61 Å². The van der Waals surface area contributed by atoms with Gasteiger partial charge in [-0.2, -0.15) is 0 Å². The van der Waals surface area contributed by atoms with Gasteiger partial charge in [-0.1, -0.05) is 35.1 Å². The quantitative estimate of drug-likeness (QED) is 0.358. The Hall–Kier alpha value is -1.06. The molecule has 0 aromatic heterocycles. The molecule has 0 aliphatic carbocycles. The number of ether oxygens (including phenoxy) is 3. The summed E-state index contributed by atoms with van der Waals surface area (Å²) in [5, 5.41) is 13.2. The molecule has 8 heteroatoms. The lowest BCUT2D eigenvalue weighted by Crippen LogP contribution is -2.42. The first-order valence-electron chi connectivity index (χ1n) is 10.8.